The molecule has 0 aromatic heterocycles. The van der Waals surface area contributed by atoms with Crippen LogP contribution in [0.2, 0.25) is 0 Å². The highest BCUT2D eigenvalue weighted by molar-refractivity contribution is 7.95. The topological polar surface area (TPSA) is 73.0 Å². The Balaban J connectivity index is 2.12. The first-order valence-electron chi connectivity index (χ1n) is 6.32. The Hall–Kier alpha value is -2.47. The maximum atomic E-state index is 12.7. The Morgan fingerprint density at radius 2 is 1.57 bits per heavy atom. The van der Waals surface area contributed by atoms with Gasteiger partial charge in [0.25, 0.3) is 0 Å². The van der Waals surface area contributed by atoms with E-state index < -0.39 is 9.84 Å². The Labute approximate surface area is 122 Å². The molecule has 0 bridgehead atoms. The molecule has 0 saturated heterocycles. The molecule has 1 aliphatic heterocycles. The summed E-state index contributed by atoms with van der Waals surface area (Å²) in [5.41, 5.74) is 5.65. The van der Waals surface area contributed by atoms with E-state index in [4.69, 9.17) is 0 Å². The van der Waals surface area contributed by atoms with Crippen molar-refractivity contribution in [2.45, 2.75) is 11.8 Å². The van der Waals surface area contributed by atoms with Crippen LogP contribution in [-0.4, -0.2) is 8.42 Å². The van der Waals surface area contributed by atoms with Gasteiger partial charge in [-0.05, 0) is 24.3 Å². The third kappa shape index (κ3) is 2.45. The van der Waals surface area contributed by atoms with Crippen LogP contribution in [0.4, 0.5) is 0 Å². The van der Waals surface area contributed by atoms with Crippen LogP contribution in [0.15, 0.2) is 74.9 Å². The van der Waals surface area contributed by atoms with Crippen molar-refractivity contribution in [3.63, 3.8) is 0 Å². The van der Waals surface area contributed by atoms with Crippen LogP contribution in [0, 0.1) is 6.92 Å². The molecule has 21 heavy (non-hydrogen) atoms. The second-order valence-corrected chi connectivity index (χ2v) is 6.49. The zero-order valence-corrected chi connectivity index (χ0v) is 12.1. The monoisotopic (exact) mass is 298 g/mol. The van der Waals surface area contributed by atoms with E-state index in [-0.39, 0.29) is 15.6 Å². The van der Waals surface area contributed by atoms with Gasteiger partial charge in [0.15, 0.2) is 0 Å². The Morgan fingerprint density at radius 1 is 0.905 bits per heavy atom. The van der Waals surface area contributed by atoms with Crippen molar-refractivity contribution in [2.24, 2.45) is 10.3 Å². The van der Waals surface area contributed by atoms with E-state index in [9.17, 15) is 8.42 Å². The molecule has 0 spiro atoms. The van der Waals surface area contributed by atoms with Crippen LogP contribution in [0.25, 0.3) is 5.70 Å². The molecule has 0 unspecified atom stereocenters. The van der Waals surface area contributed by atoms with Crippen molar-refractivity contribution in [1.82, 2.24) is 5.43 Å². The first-order chi connectivity index (χ1) is 10.1. The number of rotatable bonds is 3. The predicted molar refractivity (Wildman–Crippen MR) is 78.7 cm³/mol. The minimum atomic E-state index is -3.73. The van der Waals surface area contributed by atoms with E-state index >= 15 is 0 Å². The average Bonchev–Trinajstić information content (AvgIpc) is 2.99. The summed E-state index contributed by atoms with van der Waals surface area (Å²) in [5, 5.41) is 7.27. The molecule has 0 atom stereocenters. The summed E-state index contributed by atoms with van der Waals surface area (Å²) in [6, 6.07) is 15.7. The van der Waals surface area contributed by atoms with Gasteiger partial charge >= 0.3 is 0 Å². The normalized spacial score (nSPS) is 14.3. The summed E-state index contributed by atoms with van der Waals surface area (Å²) >= 11 is 0. The van der Waals surface area contributed by atoms with Crippen LogP contribution < -0.4 is 5.43 Å². The van der Waals surface area contributed by atoms with Gasteiger partial charge in [0, 0.05) is 5.56 Å². The summed E-state index contributed by atoms with van der Waals surface area (Å²) in [6.45, 7) is 1.90. The predicted octanol–water partition coefficient (Wildman–Crippen LogP) is 3.08. The number of sulfone groups is 1. The lowest BCUT2D eigenvalue weighted by atomic mass is 10.2. The number of benzene rings is 2. The maximum Gasteiger partial charge on any atom is 0.228 e. The molecule has 6 heteroatoms. The lowest BCUT2D eigenvalue weighted by molar-refractivity contribution is 0.598. The smallest absolute Gasteiger partial charge is 0.217 e. The number of hydrogen-bond acceptors (Lipinski definition) is 4. The second kappa shape index (κ2) is 5.14. The zero-order valence-electron chi connectivity index (χ0n) is 11.3. The lowest BCUT2D eigenvalue weighted by Gasteiger charge is -2.06. The molecule has 1 heterocycles. The first kappa shape index (κ1) is 13.5. The van der Waals surface area contributed by atoms with Gasteiger partial charge in [0.05, 0.1) is 4.90 Å². The highest BCUT2D eigenvalue weighted by Crippen LogP contribution is 2.31. The molecule has 3 rings (SSSR count). The van der Waals surface area contributed by atoms with Crippen molar-refractivity contribution in [1.29, 1.82) is 0 Å². The number of hydrogen-bond donors (Lipinski definition) is 0. The van der Waals surface area contributed by atoms with Gasteiger partial charge in [0.1, 0.15) is 5.70 Å². The molecular formula is C15H12N3O2S. The molecule has 2 aromatic carbocycles. The van der Waals surface area contributed by atoms with E-state index in [1.807, 2.05) is 25.1 Å². The standard InChI is InChI=1S/C15H12N3O2S/c1-11-7-9-13(10-8-11)21(19,20)15-14(16-18-17-15)12-5-3-2-4-6-12/h2-10H,1H3. The minimum Gasteiger partial charge on any atom is -0.217 e. The molecule has 0 fully saturated rings. The fraction of sp³-hybridized carbons (Fsp3) is 0.0667. The quantitative estimate of drug-likeness (QED) is 0.873. The maximum absolute atomic E-state index is 12.7. The first-order valence-corrected chi connectivity index (χ1v) is 7.80. The lowest BCUT2D eigenvalue weighted by Crippen LogP contribution is -2.10. The van der Waals surface area contributed by atoms with Crippen LogP contribution in [0.3, 0.4) is 0 Å². The van der Waals surface area contributed by atoms with Crippen molar-refractivity contribution < 1.29 is 8.42 Å². The van der Waals surface area contributed by atoms with Gasteiger partial charge in [-0.25, -0.2) is 8.42 Å². The van der Waals surface area contributed by atoms with Crippen LogP contribution in [0.1, 0.15) is 11.1 Å². The van der Waals surface area contributed by atoms with Crippen molar-refractivity contribution in [2.75, 3.05) is 0 Å². The van der Waals surface area contributed by atoms with E-state index in [1.54, 1.807) is 36.4 Å². The largest absolute Gasteiger partial charge is 0.228 e. The van der Waals surface area contributed by atoms with Crippen molar-refractivity contribution in [3.05, 3.63) is 70.8 Å². The molecule has 0 N–H and O–H groups in total. The fourth-order valence-electron chi connectivity index (χ4n) is 1.99. The zero-order chi connectivity index (χ0) is 14.9. The van der Waals surface area contributed by atoms with Gasteiger partial charge in [0.2, 0.25) is 14.9 Å². The third-order valence-corrected chi connectivity index (χ3v) is 4.79. The summed E-state index contributed by atoms with van der Waals surface area (Å²) in [5.74, 6) is 0. The summed E-state index contributed by atoms with van der Waals surface area (Å²) in [4.78, 5) is 0.188. The van der Waals surface area contributed by atoms with Crippen LogP contribution >= 0.6 is 0 Å². The van der Waals surface area contributed by atoms with Crippen molar-refractivity contribution in [3.8, 4) is 0 Å². The molecule has 2 aromatic rings. The third-order valence-electron chi connectivity index (χ3n) is 3.12. The van der Waals surface area contributed by atoms with E-state index in [2.05, 4.69) is 15.8 Å². The molecule has 105 valence electrons. The molecule has 1 aliphatic rings. The van der Waals surface area contributed by atoms with Gasteiger partial charge in [-0.1, -0.05) is 48.0 Å². The Morgan fingerprint density at radius 3 is 2.24 bits per heavy atom. The van der Waals surface area contributed by atoms with E-state index in [0.717, 1.165) is 5.56 Å². The fourth-order valence-corrected chi connectivity index (χ4v) is 3.26. The highest BCUT2D eigenvalue weighted by atomic mass is 32.2. The molecule has 0 saturated carbocycles. The molecule has 0 aliphatic carbocycles. The van der Waals surface area contributed by atoms with Crippen LogP contribution in [0.5, 0.6) is 0 Å². The highest BCUT2D eigenvalue weighted by Gasteiger charge is 2.30. The van der Waals surface area contributed by atoms with Crippen LogP contribution in [-0.2, 0) is 9.84 Å². The van der Waals surface area contributed by atoms with Gasteiger partial charge in [-0.15, -0.1) is 10.5 Å². The molecule has 0 amide bonds. The van der Waals surface area contributed by atoms with Gasteiger partial charge in [-0.2, -0.15) is 0 Å². The molecule has 1 radical (unpaired) electrons. The second-order valence-electron chi connectivity index (χ2n) is 4.63. The number of aryl methyl sites for hydroxylation is 1. The Kier molecular flexibility index (Phi) is 3.31. The summed E-state index contributed by atoms with van der Waals surface area (Å²) in [7, 11) is -3.73. The summed E-state index contributed by atoms with van der Waals surface area (Å²) < 4.78 is 25.3. The average molecular weight is 298 g/mol. The minimum absolute atomic E-state index is 0.113. The molecule has 5 nitrogen and oxygen atoms in total. The van der Waals surface area contributed by atoms with Gasteiger partial charge in [-0.3, -0.25) is 0 Å². The Bertz CT molecular complexity index is 823. The SMILES string of the molecule is Cc1ccc(S(=O)(=O)C2=C(c3ccccc3)N=N[N]2)cc1. The van der Waals surface area contributed by atoms with Gasteiger partial charge < -0.3 is 0 Å². The summed E-state index contributed by atoms with van der Waals surface area (Å²) in [6.07, 6.45) is 0. The number of nitrogens with zero attached hydrogens (tertiary/aromatic N) is 3. The van der Waals surface area contributed by atoms with Crippen molar-refractivity contribution >= 4 is 15.5 Å². The molecular weight excluding hydrogens is 286 g/mol. The van der Waals surface area contributed by atoms with E-state index in [0.29, 0.717) is 5.56 Å². The van der Waals surface area contributed by atoms with E-state index in [1.165, 1.54) is 0 Å².